The summed E-state index contributed by atoms with van der Waals surface area (Å²) < 4.78 is 39.6. The third-order valence-electron chi connectivity index (χ3n) is 5.29. The van der Waals surface area contributed by atoms with Crippen LogP contribution in [0.4, 0.5) is 24.5 Å². The second-order valence-corrected chi connectivity index (χ2v) is 7.22. The standard InChI is InChI=1S/C21H19F3N2O2/c22-21(23,24)18-8-2-1-7-15(18)16-12-17(16)20(28)25-13-5-3-6-14(11-13)26-10-4-9-19(26)27/h1-3,5-8,11,16-17H,4,9-10,12H2,(H,25,28). The molecule has 0 radical (unpaired) electrons. The summed E-state index contributed by atoms with van der Waals surface area (Å²) in [5.74, 6) is -1.16. The quantitative estimate of drug-likeness (QED) is 0.834. The molecule has 1 saturated heterocycles. The molecule has 2 aromatic carbocycles. The van der Waals surface area contributed by atoms with Crippen LogP contribution in [0.5, 0.6) is 0 Å². The maximum Gasteiger partial charge on any atom is 0.416 e. The number of hydrogen-bond donors (Lipinski definition) is 1. The first-order chi connectivity index (χ1) is 13.3. The Hall–Kier alpha value is -2.83. The Morgan fingerprint density at radius 3 is 2.61 bits per heavy atom. The lowest BCUT2D eigenvalue weighted by Crippen LogP contribution is -2.24. The van der Waals surface area contributed by atoms with Gasteiger partial charge in [0.15, 0.2) is 0 Å². The van der Waals surface area contributed by atoms with Crippen molar-refractivity contribution in [3.63, 3.8) is 0 Å². The van der Waals surface area contributed by atoms with E-state index in [0.29, 0.717) is 25.1 Å². The van der Waals surface area contributed by atoms with E-state index in [1.807, 2.05) is 0 Å². The predicted octanol–water partition coefficient (Wildman–Crippen LogP) is 4.57. The first-order valence-corrected chi connectivity index (χ1v) is 9.22. The molecule has 1 heterocycles. The highest BCUT2D eigenvalue weighted by atomic mass is 19.4. The van der Waals surface area contributed by atoms with E-state index in [2.05, 4.69) is 5.32 Å². The molecular formula is C21H19F3N2O2. The Morgan fingerprint density at radius 1 is 1.11 bits per heavy atom. The van der Waals surface area contributed by atoms with E-state index in [4.69, 9.17) is 0 Å². The third kappa shape index (κ3) is 3.61. The van der Waals surface area contributed by atoms with Crippen molar-refractivity contribution in [2.24, 2.45) is 5.92 Å². The SMILES string of the molecule is O=C(Nc1cccc(N2CCCC2=O)c1)C1CC1c1ccccc1C(F)(F)F. The molecule has 1 aliphatic carbocycles. The van der Waals surface area contributed by atoms with Crippen LogP contribution in [-0.4, -0.2) is 18.4 Å². The zero-order valence-corrected chi connectivity index (χ0v) is 15.0. The Kier molecular flexibility index (Phi) is 4.61. The smallest absolute Gasteiger partial charge is 0.326 e. The first kappa shape index (κ1) is 18.5. The molecule has 2 unspecified atom stereocenters. The van der Waals surface area contributed by atoms with Crippen molar-refractivity contribution < 1.29 is 22.8 Å². The molecule has 0 bridgehead atoms. The molecule has 146 valence electrons. The lowest BCUT2D eigenvalue weighted by Gasteiger charge is -2.17. The summed E-state index contributed by atoms with van der Waals surface area (Å²) >= 11 is 0. The Balaban J connectivity index is 1.46. The van der Waals surface area contributed by atoms with E-state index in [-0.39, 0.29) is 17.4 Å². The lowest BCUT2D eigenvalue weighted by molar-refractivity contribution is -0.138. The highest BCUT2D eigenvalue weighted by Gasteiger charge is 2.47. The minimum absolute atomic E-state index is 0.0505. The van der Waals surface area contributed by atoms with Gasteiger partial charge < -0.3 is 10.2 Å². The monoisotopic (exact) mass is 388 g/mol. The zero-order chi connectivity index (χ0) is 19.9. The molecule has 1 N–H and O–H groups in total. The fraction of sp³-hybridized carbons (Fsp3) is 0.333. The van der Waals surface area contributed by atoms with Crippen molar-refractivity contribution in [3.05, 3.63) is 59.7 Å². The van der Waals surface area contributed by atoms with Crippen molar-refractivity contribution in [1.82, 2.24) is 0 Å². The van der Waals surface area contributed by atoms with E-state index in [1.165, 1.54) is 12.1 Å². The topological polar surface area (TPSA) is 49.4 Å². The fourth-order valence-electron chi connectivity index (χ4n) is 3.81. The fourth-order valence-corrected chi connectivity index (χ4v) is 3.81. The molecule has 2 fully saturated rings. The van der Waals surface area contributed by atoms with Crippen LogP contribution in [-0.2, 0) is 15.8 Å². The number of alkyl halides is 3. The third-order valence-corrected chi connectivity index (χ3v) is 5.29. The molecular weight excluding hydrogens is 369 g/mol. The number of nitrogens with one attached hydrogen (secondary N) is 1. The van der Waals surface area contributed by atoms with Gasteiger partial charge in [0.25, 0.3) is 0 Å². The van der Waals surface area contributed by atoms with Crippen LogP contribution in [0.1, 0.15) is 36.3 Å². The van der Waals surface area contributed by atoms with E-state index < -0.39 is 23.6 Å². The number of nitrogens with zero attached hydrogens (tertiary/aromatic N) is 1. The summed E-state index contributed by atoms with van der Waals surface area (Å²) in [6.45, 7) is 0.648. The summed E-state index contributed by atoms with van der Waals surface area (Å²) in [5.41, 5.74) is 0.753. The van der Waals surface area contributed by atoms with Crippen molar-refractivity contribution in [1.29, 1.82) is 0 Å². The minimum Gasteiger partial charge on any atom is -0.326 e. The molecule has 28 heavy (non-hydrogen) atoms. The predicted molar refractivity (Wildman–Crippen MR) is 99.0 cm³/mol. The number of benzene rings is 2. The van der Waals surface area contributed by atoms with Crippen molar-refractivity contribution in [2.75, 3.05) is 16.8 Å². The van der Waals surface area contributed by atoms with Crippen LogP contribution in [0.3, 0.4) is 0 Å². The Morgan fingerprint density at radius 2 is 1.89 bits per heavy atom. The van der Waals surface area contributed by atoms with Crippen molar-refractivity contribution in [2.45, 2.75) is 31.4 Å². The number of halogens is 3. The molecule has 4 rings (SSSR count). The molecule has 1 aliphatic heterocycles. The molecule has 2 aromatic rings. The molecule has 4 nitrogen and oxygen atoms in total. The molecule has 2 amide bonds. The van der Waals surface area contributed by atoms with Crippen LogP contribution in [0.25, 0.3) is 0 Å². The summed E-state index contributed by atoms with van der Waals surface area (Å²) in [5, 5.41) is 2.78. The van der Waals surface area contributed by atoms with Crippen LogP contribution >= 0.6 is 0 Å². The van der Waals surface area contributed by atoms with Gasteiger partial charge in [0.2, 0.25) is 11.8 Å². The number of hydrogen-bond acceptors (Lipinski definition) is 2. The van der Waals surface area contributed by atoms with Gasteiger partial charge in [-0.05, 0) is 48.6 Å². The Bertz CT molecular complexity index is 926. The number of rotatable bonds is 4. The van der Waals surface area contributed by atoms with Crippen molar-refractivity contribution in [3.8, 4) is 0 Å². The summed E-state index contributed by atoms with van der Waals surface area (Å²) in [6.07, 6.45) is -2.73. The second kappa shape index (κ2) is 6.96. The molecule has 1 saturated carbocycles. The number of anilines is 2. The lowest BCUT2D eigenvalue weighted by atomic mass is 10.0. The van der Waals surface area contributed by atoms with Gasteiger partial charge in [-0.15, -0.1) is 0 Å². The van der Waals surface area contributed by atoms with Crippen LogP contribution < -0.4 is 10.2 Å². The zero-order valence-electron chi connectivity index (χ0n) is 15.0. The minimum atomic E-state index is -4.43. The van der Waals surface area contributed by atoms with E-state index >= 15 is 0 Å². The average Bonchev–Trinajstić information content (AvgIpc) is 3.35. The molecule has 7 heteroatoms. The molecule has 2 atom stereocenters. The van der Waals surface area contributed by atoms with Gasteiger partial charge in [-0.25, -0.2) is 0 Å². The van der Waals surface area contributed by atoms with Gasteiger partial charge in [0.1, 0.15) is 0 Å². The molecule has 0 aromatic heterocycles. The molecule has 0 spiro atoms. The summed E-state index contributed by atoms with van der Waals surface area (Å²) in [4.78, 5) is 26.1. The van der Waals surface area contributed by atoms with E-state index in [1.54, 1.807) is 35.2 Å². The maximum absolute atomic E-state index is 13.2. The first-order valence-electron chi connectivity index (χ1n) is 9.22. The summed E-state index contributed by atoms with van der Waals surface area (Å²) in [7, 11) is 0. The number of amides is 2. The van der Waals surface area contributed by atoms with Gasteiger partial charge in [-0.3, -0.25) is 9.59 Å². The van der Waals surface area contributed by atoms with Crippen molar-refractivity contribution >= 4 is 23.2 Å². The summed E-state index contributed by atoms with van der Waals surface area (Å²) in [6, 6.07) is 12.4. The highest BCUT2D eigenvalue weighted by molar-refractivity contribution is 5.98. The number of carbonyl (C=O) groups is 2. The normalized spacial score (nSPS) is 21.7. The van der Waals surface area contributed by atoms with E-state index in [9.17, 15) is 22.8 Å². The highest BCUT2D eigenvalue weighted by Crippen LogP contribution is 2.51. The van der Waals surface area contributed by atoms with Gasteiger partial charge in [-0.1, -0.05) is 24.3 Å². The molecule has 2 aliphatic rings. The Labute approximate surface area is 160 Å². The maximum atomic E-state index is 13.2. The second-order valence-electron chi connectivity index (χ2n) is 7.22. The van der Waals surface area contributed by atoms with Crippen LogP contribution in [0.2, 0.25) is 0 Å². The van der Waals surface area contributed by atoms with Gasteiger partial charge in [0.05, 0.1) is 5.56 Å². The van der Waals surface area contributed by atoms with Gasteiger partial charge in [0, 0.05) is 30.3 Å². The largest absolute Gasteiger partial charge is 0.416 e. The van der Waals surface area contributed by atoms with Crippen LogP contribution in [0, 0.1) is 5.92 Å². The van der Waals surface area contributed by atoms with Gasteiger partial charge >= 0.3 is 6.18 Å². The van der Waals surface area contributed by atoms with Gasteiger partial charge in [-0.2, -0.15) is 13.2 Å². The van der Waals surface area contributed by atoms with E-state index in [0.717, 1.165) is 18.2 Å². The average molecular weight is 388 g/mol. The van der Waals surface area contributed by atoms with Crippen LogP contribution in [0.15, 0.2) is 48.5 Å². The number of carbonyl (C=O) groups excluding carboxylic acids is 2.